The number of rotatable bonds is 5. The molecule has 5 nitrogen and oxygen atoms in total. The van der Waals surface area contributed by atoms with E-state index in [-0.39, 0.29) is 24.5 Å². The Balaban J connectivity index is 1.95. The van der Waals surface area contributed by atoms with Crippen LogP contribution in [0.3, 0.4) is 0 Å². The lowest BCUT2D eigenvalue weighted by atomic mass is 9.76. The van der Waals surface area contributed by atoms with Crippen LogP contribution >= 0.6 is 0 Å². The van der Waals surface area contributed by atoms with Crippen LogP contribution in [0.1, 0.15) is 36.4 Å². The molecule has 1 aliphatic heterocycles. The minimum atomic E-state index is -0.403. The lowest BCUT2D eigenvalue weighted by molar-refractivity contribution is -0.151. The summed E-state index contributed by atoms with van der Waals surface area (Å²) in [6.45, 7) is 2.38. The summed E-state index contributed by atoms with van der Waals surface area (Å²) in [5.74, 6) is -0.681. The van der Waals surface area contributed by atoms with Crippen molar-refractivity contribution < 1.29 is 9.53 Å². The Bertz CT molecular complexity index is 705. The second-order valence-electron chi connectivity index (χ2n) is 6.24. The molecule has 0 aliphatic carbocycles. The highest BCUT2D eigenvalue weighted by atomic mass is 16.5. The molecule has 1 aliphatic rings. The third kappa shape index (κ3) is 3.71. The van der Waals surface area contributed by atoms with E-state index in [4.69, 9.17) is 4.74 Å². The quantitative estimate of drug-likeness (QED) is 0.609. The Morgan fingerprint density at radius 3 is 2.24 bits per heavy atom. The van der Waals surface area contributed by atoms with Crippen molar-refractivity contribution in [1.82, 2.24) is 5.01 Å². The van der Waals surface area contributed by atoms with Gasteiger partial charge in [-0.2, -0.15) is 0 Å². The van der Waals surface area contributed by atoms with Gasteiger partial charge in [-0.3, -0.25) is 9.80 Å². The van der Waals surface area contributed by atoms with Crippen molar-refractivity contribution in [3.8, 4) is 0 Å². The number of piperidine rings is 1. The van der Waals surface area contributed by atoms with E-state index in [1.54, 1.807) is 6.92 Å². The third-order valence-electron chi connectivity index (χ3n) is 4.81. The third-order valence-corrected chi connectivity index (χ3v) is 4.81. The van der Waals surface area contributed by atoms with Crippen LogP contribution in [0.4, 0.5) is 0 Å². The molecule has 25 heavy (non-hydrogen) atoms. The first-order valence-corrected chi connectivity index (χ1v) is 8.61. The van der Waals surface area contributed by atoms with Crippen LogP contribution in [0.25, 0.3) is 0 Å². The number of nitroso groups, excluding NO2 is 1. The fourth-order valence-electron chi connectivity index (χ4n) is 3.61. The largest absolute Gasteiger partial charge is 0.466 e. The van der Waals surface area contributed by atoms with Crippen molar-refractivity contribution in [2.24, 2.45) is 11.2 Å². The monoisotopic (exact) mass is 338 g/mol. The van der Waals surface area contributed by atoms with Crippen LogP contribution in [0, 0.1) is 10.8 Å². The van der Waals surface area contributed by atoms with Gasteiger partial charge in [0.05, 0.1) is 30.4 Å². The highest BCUT2D eigenvalue weighted by Crippen LogP contribution is 2.43. The minimum absolute atomic E-state index is 0.0107. The number of carbonyl (C=O) groups excluding carboxylic acids is 1. The van der Waals surface area contributed by atoms with Crippen LogP contribution in [-0.2, 0) is 9.53 Å². The van der Waals surface area contributed by atoms with Gasteiger partial charge in [0.15, 0.2) is 0 Å². The molecule has 1 fully saturated rings. The van der Waals surface area contributed by atoms with Crippen molar-refractivity contribution in [3.05, 3.63) is 76.7 Å². The van der Waals surface area contributed by atoms with Gasteiger partial charge in [0.1, 0.15) is 0 Å². The molecular weight excluding hydrogens is 316 g/mol. The summed E-state index contributed by atoms with van der Waals surface area (Å²) in [6.07, 6.45) is 0.642. The van der Waals surface area contributed by atoms with Crippen molar-refractivity contribution >= 4 is 5.97 Å². The van der Waals surface area contributed by atoms with Gasteiger partial charge < -0.3 is 4.74 Å². The van der Waals surface area contributed by atoms with E-state index >= 15 is 0 Å². The van der Waals surface area contributed by atoms with E-state index in [1.807, 2.05) is 60.7 Å². The SMILES string of the molecule is CCOC(=O)[C@H]1CN(N=O)[C@@H](c2ccccc2)C[C@@H]1c1ccccc1. The fourth-order valence-corrected chi connectivity index (χ4v) is 3.61. The Morgan fingerprint density at radius 1 is 1.08 bits per heavy atom. The average Bonchev–Trinajstić information content (AvgIpc) is 2.68. The molecule has 0 bridgehead atoms. The number of ether oxygens (including phenoxy) is 1. The molecule has 1 heterocycles. The van der Waals surface area contributed by atoms with Gasteiger partial charge in [-0.1, -0.05) is 60.7 Å². The second kappa shape index (κ2) is 7.92. The van der Waals surface area contributed by atoms with E-state index in [9.17, 15) is 9.70 Å². The summed E-state index contributed by atoms with van der Waals surface area (Å²) in [5, 5.41) is 4.68. The molecule has 0 aromatic heterocycles. The van der Waals surface area contributed by atoms with Crippen LogP contribution in [-0.4, -0.2) is 24.1 Å². The predicted octanol–water partition coefficient (Wildman–Crippen LogP) is 4.08. The van der Waals surface area contributed by atoms with Gasteiger partial charge in [0.25, 0.3) is 0 Å². The number of hydrogen-bond acceptors (Lipinski definition) is 4. The number of carbonyl (C=O) groups is 1. The van der Waals surface area contributed by atoms with Crippen molar-refractivity contribution in [2.45, 2.75) is 25.3 Å². The van der Waals surface area contributed by atoms with Crippen LogP contribution in [0.15, 0.2) is 65.9 Å². The summed E-state index contributed by atoms with van der Waals surface area (Å²) >= 11 is 0. The Hall–Kier alpha value is -2.69. The maximum atomic E-state index is 12.5. The maximum absolute atomic E-state index is 12.5. The van der Waals surface area contributed by atoms with E-state index in [2.05, 4.69) is 5.29 Å². The fraction of sp³-hybridized carbons (Fsp3) is 0.350. The summed E-state index contributed by atoms with van der Waals surface area (Å²) in [7, 11) is 0. The maximum Gasteiger partial charge on any atom is 0.311 e. The topological polar surface area (TPSA) is 59.0 Å². The summed E-state index contributed by atoms with van der Waals surface area (Å²) in [6, 6.07) is 19.7. The lowest BCUT2D eigenvalue weighted by Gasteiger charge is -2.40. The standard InChI is InChI=1S/C20H22N2O3/c1-2-25-20(23)18-14-22(21-24)19(16-11-7-4-8-12-16)13-17(18)15-9-5-3-6-10-15/h3-12,17-19H,2,13-14H2,1H3/t17-,18+,19-/m1/s1. The molecule has 0 unspecified atom stereocenters. The first-order chi connectivity index (χ1) is 12.2. The summed E-state index contributed by atoms with van der Waals surface area (Å²) < 4.78 is 5.26. The van der Waals surface area contributed by atoms with E-state index in [0.29, 0.717) is 13.0 Å². The molecular formula is C20H22N2O3. The molecule has 0 radical (unpaired) electrons. The van der Waals surface area contributed by atoms with Gasteiger partial charge in [-0.05, 0) is 24.5 Å². The lowest BCUT2D eigenvalue weighted by Crippen LogP contribution is -2.42. The van der Waals surface area contributed by atoms with E-state index in [0.717, 1.165) is 11.1 Å². The Kier molecular flexibility index (Phi) is 5.43. The van der Waals surface area contributed by atoms with Gasteiger partial charge in [0.2, 0.25) is 0 Å². The molecule has 130 valence electrons. The highest BCUT2D eigenvalue weighted by molar-refractivity contribution is 5.74. The molecule has 0 saturated carbocycles. The second-order valence-corrected chi connectivity index (χ2v) is 6.24. The van der Waals surface area contributed by atoms with Gasteiger partial charge in [0, 0.05) is 5.92 Å². The first-order valence-electron chi connectivity index (χ1n) is 8.61. The van der Waals surface area contributed by atoms with E-state index < -0.39 is 5.92 Å². The number of nitrogens with zero attached hydrogens (tertiary/aromatic N) is 2. The molecule has 3 rings (SSSR count). The molecule has 3 atom stereocenters. The number of esters is 1. The number of hydrogen-bond donors (Lipinski definition) is 0. The normalized spacial score (nSPS) is 23.1. The van der Waals surface area contributed by atoms with Gasteiger partial charge in [-0.15, -0.1) is 4.91 Å². The van der Waals surface area contributed by atoms with Crippen LogP contribution in [0.2, 0.25) is 0 Å². The first kappa shape index (κ1) is 17.1. The molecule has 2 aromatic carbocycles. The number of benzene rings is 2. The average molecular weight is 338 g/mol. The highest BCUT2D eigenvalue weighted by Gasteiger charge is 2.41. The molecule has 0 spiro atoms. The van der Waals surface area contributed by atoms with Gasteiger partial charge in [-0.25, -0.2) is 0 Å². The molecule has 1 saturated heterocycles. The molecule has 0 N–H and O–H groups in total. The zero-order valence-corrected chi connectivity index (χ0v) is 14.2. The minimum Gasteiger partial charge on any atom is -0.466 e. The zero-order chi connectivity index (χ0) is 17.6. The summed E-state index contributed by atoms with van der Waals surface area (Å²) in [5.41, 5.74) is 2.12. The van der Waals surface area contributed by atoms with E-state index in [1.165, 1.54) is 5.01 Å². The van der Waals surface area contributed by atoms with Crippen LogP contribution < -0.4 is 0 Å². The van der Waals surface area contributed by atoms with Crippen molar-refractivity contribution in [1.29, 1.82) is 0 Å². The molecule has 2 aromatic rings. The predicted molar refractivity (Wildman–Crippen MR) is 95.6 cm³/mol. The van der Waals surface area contributed by atoms with Gasteiger partial charge >= 0.3 is 5.97 Å². The Labute approximate surface area is 147 Å². The van der Waals surface area contributed by atoms with Crippen molar-refractivity contribution in [3.63, 3.8) is 0 Å². The van der Waals surface area contributed by atoms with Crippen molar-refractivity contribution in [2.75, 3.05) is 13.2 Å². The molecule has 5 heteroatoms. The van der Waals surface area contributed by atoms with Crippen LogP contribution in [0.5, 0.6) is 0 Å². The smallest absolute Gasteiger partial charge is 0.311 e. The Morgan fingerprint density at radius 2 is 1.68 bits per heavy atom. The zero-order valence-electron chi connectivity index (χ0n) is 14.2. The molecule has 0 amide bonds. The summed E-state index contributed by atoms with van der Waals surface area (Å²) in [4.78, 5) is 23.9.